The number of pyridine rings is 1. The maximum Gasteiger partial charge on any atom is 0.137 e. The predicted octanol–water partition coefficient (Wildman–Crippen LogP) is 2.78. The summed E-state index contributed by atoms with van der Waals surface area (Å²) in [5.41, 5.74) is 8.86. The molecule has 0 atom stereocenters. The van der Waals surface area contributed by atoms with Crippen LogP contribution in [0.5, 0.6) is 0 Å². The molecule has 3 aromatic rings. The molecule has 1 aliphatic carbocycles. The number of nitrogens with two attached hydrogens (primary N) is 1. The lowest BCUT2D eigenvalue weighted by Gasteiger charge is -2.31. The van der Waals surface area contributed by atoms with Crippen molar-refractivity contribution in [1.82, 2.24) is 19.4 Å². The molecule has 0 amide bonds. The molecule has 128 valence electrons. The van der Waals surface area contributed by atoms with Crippen LogP contribution in [-0.2, 0) is 6.54 Å². The first-order valence-corrected chi connectivity index (χ1v) is 7.52. The van der Waals surface area contributed by atoms with Gasteiger partial charge in [-0.05, 0) is 25.0 Å². The summed E-state index contributed by atoms with van der Waals surface area (Å²) in [7, 11) is 0. The van der Waals surface area contributed by atoms with Crippen LogP contribution in [0.25, 0.3) is 5.65 Å². The quantitative estimate of drug-likeness (QED) is 0.741. The largest absolute Gasteiger partial charge is 0.364 e. The average molecular weight is 367 g/mol. The molecular formula is C16H20Cl2N6. The molecule has 0 bridgehead atoms. The van der Waals surface area contributed by atoms with Gasteiger partial charge in [-0.2, -0.15) is 0 Å². The van der Waals surface area contributed by atoms with Crippen LogP contribution in [0, 0.1) is 0 Å². The van der Waals surface area contributed by atoms with Crippen molar-refractivity contribution < 1.29 is 0 Å². The molecule has 3 N–H and O–H groups in total. The van der Waals surface area contributed by atoms with Gasteiger partial charge in [0, 0.05) is 36.1 Å². The van der Waals surface area contributed by atoms with E-state index in [0.29, 0.717) is 18.5 Å². The van der Waals surface area contributed by atoms with Gasteiger partial charge < -0.3 is 15.5 Å². The number of hydrogen-bond donors (Lipinski definition) is 2. The minimum atomic E-state index is 0. The molecule has 6 nitrogen and oxygen atoms in total. The van der Waals surface area contributed by atoms with Crippen molar-refractivity contribution >= 4 is 36.3 Å². The van der Waals surface area contributed by atoms with Crippen molar-refractivity contribution in [1.29, 1.82) is 0 Å². The normalized spacial score (nSPS) is 19.0. The maximum absolute atomic E-state index is 5.85. The number of hydrogen-bond acceptors (Lipinski definition) is 5. The highest BCUT2D eigenvalue weighted by atomic mass is 35.5. The van der Waals surface area contributed by atoms with Crippen LogP contribution in [0.4, 0.5) is 5.82 Å². The summed E-state index contributed by atoms with van der Waals surface area (Å²) in [5, 5.41) is 3.32. The van der Waals surface area contributed by atoms with E-state index >= 15 is 0 Å². The van der Waals surface area contributed by atoms with Gasteiger partial charge in [0.05, 0.1) is 12.2 Å². The monoisotopic (exact) mass is 366 g/mol. The Morgan fingerprint density at radius 1 is 1.21 bits per heavy atom. The lowest BCUT2D eigenvalue weighted by atomic mass is 9.79. The number of imidazole rings is 1. The molecule has 3 aromatic heterocycles. The van der Waals surface area contributed by atoms with Crippen molar-refractivity contribution in [3.05, 3.63) is 54.4 Å². The lowest BCUT2D eigenvalue weighted by Crippen LogP contribution is -2.35. The molecule has 4 rings (SSSR count). The predicted molar refractivity (Wildman–Crippen MR) is 99.0 cm³/mol. The average Bonchev–Trinajstić information content (AvgIpc) is 2.93. The standard InChI is InChI=1S/C16H18N6.2ClH/c17-12-5-11(6-12)14-7-15(20-10-19-14)18-8-13-9-22-4-2-1-3-16(22)21-13;;/h1-4,7,9-12H,5-6,8,17H2,(H,18,19,20);2*1H. The second-order valence-corrected chi connectivity index (χ2v) is 5.81. The highest BCUT2D eigenvalue weighted by molar-refractivity contribution is 5.85. The van der Waals surface area contributed by atoms with Crippen LogP contribution >= 0.6 is 24.8 Å². The van der Waals surface area contributed by atoms with E-state index in [4.69, 9.17) is 5.73 Å². The molecule has 0 unspecified atom stereocenters. The smallest absolute Gasteiger partial charge is 0.137 e. The zero-order chi connectivity index (χ0) is 14.9. The third-order valence-corrected chi connectivity index (χ3v) is 4.15. The van der Waals surface area contributed by atoms with Gasteiger partial charge in [-0.3, -0.25) is 0 Å². The maximum atomic E-state index is 5.85. The fourth-order valence-electron chi connectivity index (χ4n) is 2.85. The SMILES string of the molecule is Cl.Cl.NC1CC(c2cc(NCc3cn4ccccc4n3)ncn2)C1. The van der Waals surface area contributed by atoms with Crippen LogP contribution in [0.3, 0.4) is 0 Å². The van der Waals surface area contributed by atoms with Gasteiger partial charge in [0.2, 0.25) is 0 Å². The van der Waals surface area contributed by atoms with Crippen molar-refractivity contribution in [2.75, 3.05) is 5.32 Å². The van der Waals surface area contributed by atoms with Crippen LogP contribution < -0.4 is 11.1 Å². The number of anilines is 1. The Bertz CT molecular complexity index is 767. The minimum absolute atomic E-state index is 0. The first kappa shape index (κ1) is 18.4. The summed E-state index contributed by atoms with van der Waals surface area (Å²) >= 11 is 0. The molecule has 0 aromatic carbocycles. The Morgan fingerprint density at radius 2 is 2.04 bits per heavy atom. The van der Waals surface area contributed by atoms with Crippen molar-refractivity contribution in [2.24, 2.45) is 5.73 Å². The van der Waals surface area contributed by atoms with Gasteiger partial charge in [0.1, 0.15) is 17.8 Å². The summed E-state index contributed by atoms with van der Waals surface area (Å²) < 4.78 is 2.01. The van der Waals surface area contributed by atoms with E-state index in [2.05, 4.69) is 20.3 Å². The molecule has 0 saturated heterocycles. The van der Waals surface area contributed by atoms with Gasteiger partial charge >= 0.3 is 0 Å². The molecule has 0 radical (unpaired) electrons. The topological polar surface area (TPSA) is 81.1 Å². The van der Waals surface area contributed by atoms with E-state index in [-0.39, 0.29) is 24.8 Å². The van der Waals surface area contributed by atoms with E-state index in [1.807, 2.05) is 41.1 Å². The third kappa shape index (κ3) is 3.77. The molecule has 1 saturated carbocycles. The molecule has 0 aliphatic heterocycles. The second kappa shape index (κ2) is 7.79. The number of nitrogens with one attached hydrogen (secondary N) is 1. The van der Waals surface area contributed by atoms with Gasteiger partial charge in [-0.1, -0.05) is 6.07 Å². The summed E-state index contributed by atoms with van der Waals surface area (Å²) in [6.45, 7) is 0.641. The van der Waals surface area contributed by atoms with E-state index in [0.717, 1.165) is 35.7 Å². The van der Waals surface area contributed by atoms with E-state index in [9.17, 15) is 0 Å². The number of fused-ring (bicyclic) bond motifs is 1. The molecular weight excluding hydrogens is 347 g/mol. The number of halogens is 2. The Balaban J connectivity index is 0.00000104. The van der Waals surface area contributed by atoms with Crippen LogP contribution in [-0.4, -0.2) is 25.4 Å². The van der Waals surface area contributed by atoms with Crippen LogP contribution in [0.1, 0.15) is 30.1 Å². The van der Waals surface area contributed by atoms with Gasteiger partial charge in [-0.25, -0.2) is 15.0 Å². The van der Waals surface area contributed by atoms with Crippen LogP contribution in [0.15, 0.2) is 43.0 Å². The number of aromatic nitrogens is 4. The fraction of sp³-hybridized carbons (Fsp3) is 0.312. The van der Waals surface area contributed by atoms with Crippen molar-refractivity contribution in [3.8, 4) is 0 Å². The Morgan fingerprint density at radius 3 is 2.79 bits per heavy atom. The molecule has 24 heavy (non-hydrogen) atoms. The minimum Gasteiger partial charge on any atom is -0.364 e. The number of nitrogens with zero attached hydrogens (tertiary/aromatic N) is 4. The van der Waals surface area contributed by atoms with Crippen molar-refractivity contribution in [2.45, 2.75) is 31.3 Å². The summed E-state index contributed by atoms with van der Waals surface area (Å²) in [6, 6.07) is 8.32. The summed E-state index contributed by atoms with van der Waals surface area (Å²) in [4.78, 5) is 13.2. The van der Waals surface area contributed by atoms with Gasteiger partial charge in [0.25, 0.3) is 0 Å². The van der Waals surface area contributed by atoms with Gasteiger partial charge in [0.15, 0.2) is 0 Å². The zero-order valence-electron chi connectivity index (χ0n) is 13.0. The number of rotatable bonds is 4. The van der Waals surface area contributed by atoms with E-state index in [1.165, 1.54) is 0 Å². The Kier molecular flexibility index (Phi) is 5.99. The molecule has 3 heterocycles. The second-order valence-electron chi connectivity index (χ2n) is 5.81. The van der Waals surface area contributed by atoms with E-state index in [1.54, 1.807) is 6.33 Å². The highest BCUT2D eigenvalue weighted by Crippen LogP contribution is 2.34. The fourth-order valence-corrected chi connectivity index (χ4v) is 2.85. The molecule has 8 heteroatoms. The first-order chi connectivity index (χ1) is 10.8. The Hall–Kier alpha value is -1.89. The summed E-state index contributed by atoms with van der Waals surface area (Å²) in [5.74, 6) is 1.32. The molecule has 0 spiro atoms. The van der Waals surface area contributed by atoms with Crippen LogP contribution in [0.2, 0.25) is 0 Å². The zero-order valence-corrected chi connectivity index (χ0v) is 14.6. The third-order valence-electron chi connectivity index (χ3n) is 4.15. The molecule has 1 aliphatic rings. The van der Waals surface area contributed by atoms with Gasteiger partial charge in [-0.15, -0.1) is 24.8 Å². The lowest BCUT2D eigenvalue weighted by molar-refractivity contribution is 0.345. The van der Waals surface area contributed by atoms with E-state index < -0.39 is 0 Å². The first-order valence-electron chi connectivity index (χ1n) is 7.52. The Labute approximate surface area is 152 Å². The molecule has 1 fully saturated rings. The van der Waals surface area contributed by atoms with Crippen molar-refractivity contribution in [3.63, 3.8) is 0 Å². The highest BCUT2D eigenvalue weighted by Gasteiger charge is 2.28. The summed E-state index contributed by atoms with van der Waals surface area (Å²) in [6.07, 6.45) is 7.67.